The van der Waals surface area contributed by atoms with Crippen molar-refractivity contribution >= 4 is 19.9 Å². The van der Waals surface area contributed by atoms with E-state index in [1.807, 2.05) is 6.92 Å². The van der Waals surface area contributed by atoms with Gasteiger partial charge < -0.3 is 0 Å². The van der Waals surface area contributed by atoms with Crippen LogP contribution in [0.5, 0.6) is 0 Å². The Morgan fingerprint density at radius 1 is 1.24 bits per heavy atom. The highest BCUT2D eigenvalue weighted by Gasteiger charge is 2.41. The van der Waals surface area contributed by atoms with Gasteiger partial charge in [-0.25, -0.2) is 21.1 Å². The molecule has 2 saturated heterocycles. The van der Waals surface area contributed by atoms with Crippen LogP contribution >= 0.6 is 0 Å². The number of sulfone groups is 1. The molecular weight excluding hydrogens is 262 g/mol. The third kappa shape index (κ3) is 2.82. The van der Waals surface area contributed by atoms with Crippen LogP contribution in [-0.4, -0.2) is 51.0 Å². The maximum Gasteiger partial charge on any atom is 0.218 e. The molecule has 0 spiro atoms. The quantitative estimate of drug-likeness (QED) is 0.726. The second-order valence-corrected chi connectivity index (χ2v) is 9.62. The van der Waals surface area contributed by atoms with Crippen molar-refractivity contribution in [1.82, 2.24) is 4.31 Å². The van der Waals surface area contributed by atoms with Crippen LogP contribution in [0.15, 0.2) is 0 Å². The molecule has 2 aliphatic heterocycles. The standard InChI is InChI=1S/C10H19NO4S2/c1-9-3-2-5-11(7-9)17(14,15)10-4-6-16(12,13)8-10/h9-10H,2-8H2,1H3/t9-,10-/m0/s1. The molecule has 2 rings (SSSR count). The zero-order valence-corrected chi connectivity index (χ0v) is 11.6. The number of piperidine rings is 1. The molecule has 0 saturated carbocycles. The van der Waals surface area contributed by atoms with E-state index < -0.39 is 25.1 Å². The Morgan fingerprint density at radius 2 is 1.94 bits per heavy atom. The van der Waals surface area contributed by atoms with Crippen molar-refractivity contribution in [3.05, 3.63) is 0 Å². The fourth-order valence-electron chi connectivity index (χ4n) is 2.58. The van der Waals surface area contributed by atoms with Crippen LogP contribution in [0.25, 0.3) is 0 Å². The number of nitrogens with zero attached hydrogens (tertiary/aromatic N) is 1. The van der Waals surface area contributed by atoms with Gasteiger partial charge in [-0.1, -0.05) is 6.92 Å². The molecule has 0 amide bonds. The first-order valence-corrected chi connectivity index (χ1v) is 9.33. The van der Waals surface area contributed by atoms with Crippen molar-refractivity contribution in [2.45, 2.75) is 31.4 Å². The summed E-state index contributed by atoms with van der Waals surface area (Å²) in [5.74, 6) is 0.192. The van der Waals surface area contributed by atoms with E-state index in [9.17, 15) is 16.8 Å². The lowest BCUT2D eigenvalue weighted by atomic mass is 10.0. The number of sulfonamides is 1. The maximum atomic E-state index is 12.3. The molecule has 0 aromatic rings. The fraction of sp³-hybridized carbons (Fsp3) is 1.00. The van der Waals surface area contributed by atoms with E-state index in [1.165, 1.54) is 4.31 Å². The molecule has 0 aliphatic carbocycles. The molecule has 2 aliphatic rings. The van der Waals surface area contributed by atoms with Crippen molar-refractivity contribution in [2.24, 2.45) is 5.92 Å². The lowest BCUT2D eigenvalue weighted by Crippen LogP contribution is -2.44. The molecule has 0 aromatic heterocycles. The molecule has 0 bridgehead atoms. The van der Waals surface area contributed by atoms with Crippen LogP contribution in [-0.2, 0) is 19.9 Å². The van der Waals surface area contributed by atoms with Gasteiger partial charge in [0.2, 0.25) is 10.0 Å². The maximum absolute atomic E-state index is 12.3. The molecule has 17 heavy (non-hydrogen) atoms. The Morgan fingerprint density at radius 3 is 2.47 bits per heavy atom. The lowest BCUT2D eigenvalue weighted by Gasteiger charge is -2.31. The Balaban J connectivity index is 2.14. The first-order valence-electron chi connectivity index (χ1n) is 6.01. The van der Waals surface area contributed by atoms with Gasteiger partial charge in [0.15, 0.2) is 9.84 Å². The topological polar surface area (TPSA) is 71.5 Å². The minimum Gasteiger partial charge on any atom is -0.229 e. The van der Waals surface area contributed by atoms with Crippen LogP contribution in [0, 0.1) is 5.92 Å². The van der Waals surface area contributed by atoms with Crippen LogP contribution in [0.3, 0.4) is 0 Å². The minimum atomic E-state index is -3.41. The summed E-state index contributed by atoms with van der Waals surface area (Å²) in [5, 5.41) is -0.710. The number of rotatable bonds is 2. The van der Waals surface area contributed by atoms with Gasteiger partial charge in [0.1, 0.15) is 0 Å². The van der Waals surface area contributed by atoms with E-state index >= 15 is 0 Å². The lowest BCUT2D eigenvalue weighted by molar-refractivity contribution is 0.279. The van der Waals surface area contributed by atoms with E-state index in [1.54, 1.807) is 0 Å². The van der Waals surface area contributed by atoms with Crippen LogP contribution in [0.1, 0.15) is 26.2 Å². The van der Waals surface area contributed by atoms with Crippen LogP contribution < -0.4 is 0 Å². The zero-order chi connectivity index (χ0) is 12.7. The van der Waals surface area contributed by atoms with Gasteiger partial charge >= 0.3 is 0 Å². The first-order chi connectivity index (χ1) is 7.81. The van der Waals surface area contributed by atoms with Gasteiger partial charge in [0, 0.05) is 13.1 Å². The van der Waals surface area contributed by atoms with Crippen molar-refractivity contribution in [1.29, 1.82) is 0 Å². The molecule has 100 valence electrons. The Kier molecular flexibility index (Phi) is 3.53. The second-order valence-electron chi connectivity index (χ2n) is 5.18. The Hall–Kier alpha value is -0.140. The molecule has 5 nitrogen and oxygen atoms in total. The molecule has 0 aromatic carbocycles. The first kappa shape index (κ1) is 13.3. The molecule has 2 atom stereocenters. The smallest absolute Gasteiger partial charge is 0.218 e. The summed E-state index contributed by atoms with van der Waals surface area (Å²) in [4.78, 5) is 0. The van der Waals surface area contributed by atoms with Gasteiger partial charge in [0.25, 0.3) is 0 Å². The SMILES string of the molecule is C[C@H]1CCCN(S(=O)(=O)[C@H]2CCS(=O)(=O)C2)C1. The van der Waals surface area contributed by atoms with Gasteiger partial charge in [-0.3, -0.25) is 0 Å². The van der Waals surface area contributed by atoms with E-state index in [0.29, 0.717) is 19.0 Å². The summed E-state index contributed by atoms with van der Waals surface area (Å²) in [5.41, 5.74) is 0. The predicted molar refractivity (Wildman–Crippen MR) is 65.9 cm³/mol. The Bertz CT molecular complexity index is 482. The van der Waals surface area contributed by atoms with E-state index in [4.69, 9.17) is 0 Å². The number of hydrogen-bond acceptors (Lipinski definition) is 4. The van der Waals surface area contributed by atoms with Gasteiger partial charge in [-0.2, -0.15) is 0 Å². The van der Waals surface area contributed by atoms with Gasteiger partial charge in [-0.05, 0) is 25.2 Å². The van der Waals surface area contributed by atoms with E-state index in [2.05, 4.69) is 0 Å². The molecule has 0 radical (unpaired) electrons. The second kappa shape index (κ2) is 4.51. The fourth-order valence-corrected chi connectivity index (χ4v) is 7.27. The predicted octanol–water partition coefficient (Wildman–Crippen LogP) is 0.235. The molecule has 0 unspecified atom stereocenters. The van der Waals surface area contributed by atoms with Crippen molar-refractivity contribution in [3.63, 3.8) is 0 Å². The highest BCUT2D eigenvalue weighted by Crippen LogP contribution is 2.26. The normalized spacial score (nSPS) is 34.9. The summed E-state index contributed by atoms with van der Waals surface area (Å²) < 4.78 is 48.8. The summed E-state index contributed by atoms with van der Waals surface area (Å²) in [6.45, 7) is 3.12. The zero-order valence-electron chi connectivity index (χ0n) is 10.0. The summed E-state index contributed by atoms with van der Waals surface area (Å²) in [6.07, 6.45) is 2.18. The average Bonchev–Trinajstić information content (AvgIpc) is 2.59. The molecule has 2 heterocycles. The van der Waals surface area contributed by atoms with Crippen molar-refractivity contribution in [2.75, 3.05) is 24.6 Å². The summed E-state index contributed by atoms with van der Waals surface area (Å²) in [7, 11) is -6.55. The third-order valence-electron chi connectivity index (χ3n) is 3.59. The number of hydrogen-bond donors (Lipinski definition) is 0. The van der Waals surface area contributed by atoms with E-state index in [-0.39, 0.29) is 17.9 Å². The molecule has 0 N–H and O–H groups in total. The summed E-state index contributed by atoms with van der Waals surface area (Å²) >= 11 is 0. The average molecular weight is 281 g/mol. The molecule has 7 heteroatoms. The highest BCUT2D eigenvalue weighted by molar-refractivity contribution is 7.95. The molecule has 2 fully saturated rings. The Labute approximate surface area is 103 Å². The highest BCUT2D eigenvalue weighted by atomic mass is 32.2. The van der Waals surface area contributed by atoms with Gasteiger partial charge in [0.05, 0.1) is 16.8 Å². The minimum absolute atomic E-state index is 0.0142. The molecular formula is C10H19NO4S2. The van der Waals surface area contributed by atoms with Crippen molar-refractivity contribution < 1.29 is 16.8 Å². The third-order valence-corrected chi connectivity index (χ3v) is 7.87. The van der Waals surface area contributed by atoms with Gasteiger partial charge in [-0.15, -0.1) is 0 Å². The van der Waals surface area contributed by atoms with Crippen LogP contribution in [0.4, 0.5) is 0 Å². The van der Waals surface area contributed by atoms with Crippen LogP contribution in [0.2, 0.25) is 0 Å². The van der Waals surface area contributed by atoms with E-state index in [0.717, 1.165) is 12.8 Å². The van der Waals surface area contributed by atoms with Crippen molar-refractivity contribution in [3.8, 4) is 0 Å². The monoisotopic (exact) mass is 281 g/mol. The summed E-state index contributed by atoms with van der Waals surface area (Å²) in [6, 6.07) is 0. The largest absolute Gasteiger partial charge is 0.229 e.